The van der Waals surface area contributed by atoms with Crippen LogP contribution >= 0.6 is 24.0 Å². The Bertz CT molecular complexity index is 929. The second kappa shape index (κ2) is 11.8. The molecule has 1 aliphatic rings. The summed E-state index contributed by atoms with van der Waals surface area (Å²) in [6, 6.07) is 19.9. The number of amides is 2. The molecule has 0 saturated carbocycles. The van der Waals surface area contributed by atoms with Crippen LogP contribution in [0.1, 0.15) is 43.7 Å². The maximum atomic E-state index is 12.7. The molecule has 2 aromatic rings. The molecule has 31 heavy (non-hydrogen) atoms. The number of hydrogen-bond acceptors (Lipinski definition) is 4. The van der Waals surface area contributed by atoms with Gasteiger partial charge in [-0.2, -0.15) is 0 Å². The monoisotopic (exact) mass is 452 g/mol. The summed E-state index contributed by atoms with van der Waals surface area (Å²) in [5.74, 6) is 0.165. The van der Waals surface area contributed by atoms with Crippen LogP contribution in [0.3, 0.4) is 0 Å². The summed E-state index contributed by atoms with van der Waals surface area (Å²) in [5, 5.41) is 0. The van der Waals surface area contributed by atoms with Crippen LogP contribution in [-0.4, -0.2) is 39.0 Å². The molecule has 0 aromatic heterocycles. The Kier molecular flexibility index (Phi) is 8.85. The van der Waals surface area contributed by atoms with Crippen LogP contribution in [0, 0.1) is 0 Å². The molecular formula is C25H28N2O2S2. The molecule has 2 amide bonds. The SMILES string of the molecule is CCN(Cc1ccccc1)C(=O)CCCCCN1C(=O)/C(=C/c2ccccc2)SC1=S. The largest absolute Gasteiger partial charge is 0.339 e. The number of rotatable bonds is 10. The van der Waals surface area contributed by atoms with Crippen LogP contribution in [0.15, 0.2) is 65.6 Å². The molecule has 0 aliphatic carbocycles. The summed E-state index contributed by atoms with van der Waals surface area (Å²) in [6.45, 7) is 3.98. The Balaban J connectivity index is 1.41. The third-order valence-corrected chi connectivity index (χ3v) is 6.57. The predicted octanol–water partition coefficient (Wildman–Crippen LogP) is 5.50. The molecule has 0 atom stereocenters. The lowest BCUT2D eigenvalue weighted by Crippen LogP contribution is -2.30. The molecule has 162 valence electrons. The van der Waals surface area contributed by atoms with E-state index in [1.807, 2.05) is 78.6 Å². The molecule has 0 spiro atoms. The fourth-order valence-corrected chi connectivity index (χ4v) is 4.76. The molecule has 1 saturated heterocycles. The van der Waals surface area contributed by atoms with E-state index < -0.39 is 0 Å². The second-order valence-electron chi connectivity index (χ2n) is 7.45. The first kappa shape index (κ1) is 23.2. The molecule has 0 bridgehead atoms. The van der Waals surface area contributed by atoms with Crippen LogP contribution in [0.2, 0.25) is 0 Å². The van der Waals surface area contributed by atoms with Crippen LogP contribution in [0.25, 0.3) is 6.08 Å². The van der Waals surface area contributed by atoms with Crippen molar-refractivity contribution < 1.29 is 9.59 Å². The summed E-state index contributed by atoms with van der Waals surface area (Å²) >= 11 is 6.77. The minimum atomic E-state index is -0.0186. The van der Waals surface area contributed by atoms with E-state index in [9.17, 15) is 9.59 Å². The Hall–Kier alpha value is -2.44. The van der Waals surface area contributed by atoms with E-state index in [0.717, 1.165) is 30.4 Å². The minimum Gasteiger partial charge on any atom is -0.339 e. The van der Waals surface area contributed by atoms with E-state index in [1.165, 1.54) is 11.8 Å². The third-order valence-electron chi connectivity index (χ3n) is 5.19. The molecule has 1 fully saturated rings. The number of carbonyl (C=O) groups is 2. The Morgan fingerprint density at radius 1 is 1.03 bits per heavy atom. The van der Waals surface area contributed by atoms with Gasteiger partial charge >= 0.3 is 0 Å². The lowest BCUT2D eigenvalue weighted by Gasteiger charge is -2.21. The van der Waals surface area contributed by atoms with Crippen molar-refractivity contribution in [2.75, 3.05) is 13.1 Å². The highest BCUT2D eigenvalue weighted by Crippen LogP contribution is 2.32. The van der Waals surface area contributed by atoms with Gasteiger partial charge in [-0.1, -0.05) is 91.1 Å². The van der Waals surface area contributed by atoms with Gasteiger partial charge in [0.1, 0.15) is 4.32 Å². The van der Waals surface area contributed by atoms with E-state index in [0.29, 0.717) is 35.3 Å². The zero-order chi connectivity index (χ0) is 22.1. The second-order valence-corrected chi connectivity index (χ2v) is 9.12. The Morgan fingerprint density at radius 3 is 2.39 bits per heavy atom. The molecule has 0 unspecified atom stereocenters. The smallest absolute Gasteiger partial charge is 0.266 e. The molecule has 6 heteroatoms. The Labute approximate surface area is 194 Å². The van der Waals surface area contributed by atoms with Gasteiger partial charge in [0.15, 0.2) is 0 Å². The average Bonchev–Trinajstić information content (AvgIpc) is 3.05. The van der Waals surface area contributed by atoms with Gasteiger partial charge in [0.05, 0.1) is 4.91 Å². The standard InChI is InChI=1S/C25H28N2O2S2/c1-2-26(19-21-14-8-4-9-15-21)23(28)16-10-5-11-17-27-24(29)22(31-25(27)30)18-20-12-6-3-7-13-20/h3-4,6-9,12-15,18H,2,5,10-11,16-17,19H2,1H3/b22-18-. The van der Waals surface area contributed by atoms with Gasteiger partial charge in [-0.25, -0.2) is 0 Å². The van der Waals surface area contributed by atoms with E-state index in [2.05, 4.69) is 0 Å². The quantitative estimate of drug-likeness (QED) is 0.271. The Morgan fingerprint density at radius 2 is 1.71 bits per heavy atom. The van der Waals surface area contributed by atoms with Crippen molar-refractivity contribution in [2.24, 2.45) is 0 Å². The number of nitrogens with zero attached hydrogens (tertiary/aromatic N) is 2. The van der Waals surface area contributed by atoms with Gasteiger partial charge in [-0.15, -0.1) is 0 Å². The van der Waals surface area contributed by atoms with Crippen molar-refractivity contribution in [2.45, 2.75) is 39.2 Å². The molecule has 0 N–H and O–H groups in total. The van der Waals surface area contributed by atoms with Crippen LogP contribution in [0.5, 0.6) is 0 Å². The fourth-order valence-electron chi connectivity index (χ4n) is 3.45. The van der Waals surface area contributed by atoms with Crippen molar-refractivity contribution in [1.82, 2.24) is 9.80 Å². The molecule has 0 radical (unpaired) electrons. The van der Waals surface area contributed by atoms with Crippen LogP contribution in [0.4, 0.5) is 0 Å². The van der Waals surface area contributed by atoms with Crippen molar-refractivity contribution >= 4 is 46.2 Å². The normalized spacial score (nSPS) is 15.0. The molecule has 2 aromatic carbocycles. The molecule has 3 rings (SSSR count). The van der Waals surface area contributed by atoms with Gasteiger partial charge in [-0.05, 0) is 37.0 Å². The highest BCUT2D eigenvalue weighted by molar-refractivity contribution is 8.26. The van der Waals surface area contributed by atoms with Gasteiger partial charge in [0.2, 0.25) is 5.91 Å². The maximum Gasteiger partial charge on any atom is 0.266 e. The molecular weight excluding hydrogens is 424 g/mol. The highest BCUT2D eigenvalue weighted by Gasteiger charge is 2.31. The first-order valence-electron chi connectivity index (χ1n) is 10.7. The molecule has 1 aliphatic heterocycles. The number of thioether (sulfide) groups is 1. The lowest BCUT2D eigenvalue weighted by atomic mass is 10.1. The number of thiocarbonyl (C=S) groups is 1. The first-order chi connectivity index (χ1) is 15.1. The lowest BCUT2D eigenvalue weighted by molar-refractivity contribution is -0.131. The summed E-state index contributed by atoms with van der Waals surface area (Å²) < 4.78 is 0.614. The summed E-state index contributed by atoms with van der Waals surface area (Å²) in [4.78, 5) is 29.5. The minimum absolute atomic E-state index is 0.0186. The number of unbranched alkanes of at least 4 members (excludes halogenated alkanes) is 2. The van der Waals surface area contributed by atoms with E-state index in [1.54, 1.807) is 4.90 Å². The fraction of sp³-hybridized carbons (Fsp3) is 0.320. The summed E-state index contributed by atoms with van der Waals surface area (Å²) in [7, 11) is 0. The molecule has 1 heterocycles. The van der Waals surface area contributed by atoms with E-state index in [-0.39, 0.29) is 11.8 Å². The van der Waals surface area contributed by atoms with Crippen molar-refractivity contribution in [1.29, 1.82) is 0 Å². The first-order valence-corrected chi connectivity index (χ1v) is 11.9. The van der Waals surface area contributed by atoms with E-state index in [4.69, 9.17) is 12.2 Å². The maximum absolute atomic E-state index is 12.7. The number of benzene rings is 2. The topological polar surface area (TPSA) is 40.6 Å². The van der Waals surface area contributed by atoms with Crippen LogP contribution < -0.4 is 0 Å². The van der Waals surface area contributed by atoms with Crippen LogP contribution in [-0.2, 0) is 16.1 Å². The van der Waals surface area contributed by atoms with Gasteiger partial charge < -0.3 is 4.90 Å². The van der Waals surface area contributed by atoms with Crippen molar-refractivity contribution in [3.63, 3.8) is 0 Å². The average molecular weight is 453 g/mol. The number of hydrogen-bond donors (Lipinski definition) is 0. The highest BCUT2D eigenvalue weighted by atomic mass is 32.2. The summed E-state index contributed by atoms with van der Waals surface area (Å²) in [6.07, 6.45) is 4.97. The van der Waals surface area contributed by atoms with Crippen molar-refractivity contribution in [3.8, 4) is 0 Å². The zero-order valence-corrected chi connectivity index (χ0v) is 19.5. The van der Waals surface area contributed by atoms with Gasteiger partial charge in [0.25, 0.3) is 5.91 Å². The zero-order valence-electron chi connectivity index (χ0n) is 17.8. The van der Waals surface area contributed by atoms with Gasteiger partial charge in [-0.3, -0.25) is 14.5 Å². The summed E-state index contributed by atoms with van der Waals surface area (Å²) in [5.41, 5.74) is 2.15. The molecule has 4 nitrogen and oxygen atoms in total. The van der Waals surface area contributed by atoms with E-state index >= 15 is 0 Å². The third kappa shape index (κ3) is 6.77. The van der Waals surface area contributed by atoms with Gasteiger partial charge in [0, 0.05) is 26.1 Å². The predicted molar refractivity (Wildman–Crippen MR) is 132 cm³/mol. The van der Waals surface area contributed by atoms with Crippen molar-refractivity contribution in [3.05, 3.63) is 76.7 Å². The number of carbonyl (C=O) groups excluding carboxylic acids is 2.